The predicted molar refractivity (Wildman–Crippen MR) is 166 cm³/mol. The van der Waals surface area contributed by atoms with Crippen LogP contribution in [0.15, 0.2) is 42.0 Å². The number of benzene rings is 1. The van der Waals surface area contributed by atoms with Crippen molar-refractivity contribution >= 4 is 17.8 Å². The third-order valence-corrected chi connectivity index (χ3v) is 12.7. The van der Waals surface area contributed by atoms with E-state index >= 15 is 0 Å². The molecule has 1 aromatic rings. The van der Waals surface area contributed by atoms with E-state index in [-0.39, 0.29) is 53.5 Å². The van der Waals surface area contributed by atoms with Gasteiger partial charge in [-0.05, 0) is 90.9 Å². The van der Waals surface area contributed by atoms with E-state index in [1.165, 1.54) is 12.5 Å². The lowest BCUT2D eigenvalue weighted by Gasteiger charge is -2.58. The van der Waals surface area contributed by atoms with Crippen LogP contribution in [0.4, 0.5) is 4.79 Å². The van der Waals surface area contributed by atoms with Crippen molar-refractivity contribution in [2.24, 2.45) is 46.3 Å². The average Bonchev–Trinajstić information content (AvgIpc) is 3.25. The fraction of sp³-hybridized carbons (Fsp3) is 0.703. The average molecular weight is 590 g/mol. The Labute approximate surface area is 257 Å². The van der Waals surface area contributed by atoms with Crippen LogP contribution in [0.2, 0.25) is 0 Å². The molecular weight excluding hydrogens is 538 g/mol. The van der Waals surface area contributed by atoms with Crippen LogP contribution < -0.4 is 0 Å². The summed E-state index contributed by atoms with van der Waals surface area (Å²) >= 11 is 0. The molecule has 0 N–H and O–H groups in total. The van der Waals surface area contributed by atoms with Crippen molar-refractivity contribution in [3.63, 3.8) is 0 Å². The Kier molecular flexibility index (Phi) is 8.27. The molecule has 1 aromatic carbocycles. The van der Waals surface area contributed by atoms with E-state index in [0.29, 0.717) is 42.4 Å². The number of fused-ring (bicyclic) bond motifs is 5. The second-order valence-corrected chi connectivity index (χ2v) is 15.2. The maximum atomic E-state index is 14.1. The number of Topliss-reactive ketones (excluding diaryl/α,β-unsaturated/α-hetero) is 1. The summed E-state index contributed by atoms with van der Waals surface area (Å²) in [5.41, 5.74) is 2.55. The molecule has 0 radical (unpaired) electrons. The Bertz CT molecular complexity index is 1260. The van der Waals surface area contributed by atoms with Crippen LogP contribution in [0.3, 0.4) is 0 Å². The van der Waals surface area contributed by atoms with Crippen molar-refractivity contribution in [3.8, 4) is 0 Å². The van der Waals surface area contributed by atoms with Gasteiger partial charge >= 0.3 is 12.1 Å². The quantitative estimate of drug-likeness (QED) is 0.259. The highest BCUT2D eigenvalue weighted by molar-refractivity contribution is 5.85. The first-order valence-corrected chi connectivity index (χ1v) is 16.9. The normalized spacial score (nSPS) is 39.6. The van der Waals surface area contributed by atoms with E-state index in [0.717, 1.165) is 56.9 Å². The molecule has 1 amide bonds. The molecule has 6 nitrogen and oxygen atoms in total. The number of allylic oxidation sites excluding steroid dienone is 1. The van der Waals surface area contributed by atoms with Crippen molar-refractivity contribution in [1.82, 2.24) is 4.90 Å². The molecule has 1 aliphatic heterocycles. The highest BCUT2D eigenvalue weighted by Crippen LogP contribution is 2.66. The van der Waals surface area contributed by atoms with Crippen LogP contribution in [-0.2, 0) is 25.7 Å². The van der Waals surface area contributed by atoms with E-state index in [1.807, 2.05) is 35.2 Å². The summed E-state index contributed by atoms with van der Waals surface area (Å²) in [6.07, 6.45) is 10.9. The zero-order valence-corrected chi connectivity index (χ0v) is 26.8. The molecule has 1 heterocycles. The van der Waals surface area contributed by atoms with Crippen molar-refractivity contribution < 1.29 is 23.9 Å². The number of ether oxygens (including phenoxy) is 2. The molecule has 43 heavy (non-hydrogen) atoms. The third kappa shape index (κ3) is 5.46. The molecule has 234 valence electrons. The van der Waals surface area contributed by atoms with Crippen LogP contribution in [-0.4, -0.2) is 41.4 Å². The highest BCUT2D eigenvalue weighted by atomic mass is 16.6. The summed E-state index contributed by atoms with van der Waals surface area (Å²) in [5.74, 6) is 2.19. The summed E-state index contributed by atoms with van der Waals surface area (Å²) in [5, 5.41) is 0. The van der Waals surface area contributed by atoms with Crippen molar-refractivity contribution in [1.29, 1.82) is 0 Å². The number of piperidine rings is 1. The molecule has 6 heteroatoms. The number of amides is 1. The van der Waals surface area contributed by atoms with Gasteiger partial charge in [0.2, 0.25) is 0 Å². The zero-order valence-electron chi connectivity index (χ0n) is 26.8. The van der Waals surface area contributed by atoms with Crippen LogP contribution in [0.1, 0.15) is 98.0 Å². The number of carbonyl (C=O) groups is 3. The molecule has 4 aliphatic carbocycles. The lowest BCUT2D eigenvalue weighted by atomic mass is 9.47. The molecule has 5 aliphatic rings. The smallest absolute Gasteiger partial charge is 0.410 e. The number of likely N-dealkylation sites (tertiary alicyclic amines) is 1. The van der Waals surface area contributed by atoms with Gasteiger partial charge in [0.15, 0.2) is 0 Å². The third-order valence-electron chi connectivity index (χ3n) is 12.7. The van der Waals surface area contributed by atoms with Crippen molar-refractivity contribution in [2.75, 3.05) is 6.54 Å². The Balaban J connectivity index is 1.19. The van der Waals surface area contributed by atoms with Crippen molar-refractivity contribution in [2.45, 2.75) is 111 Å². The first kappa shape index (κ1) is 30.4. The molecule has 10 atom stereocenters. The van der Waals surface area contributed by atoms with Gasteiger partial charge in [0.05, 0.1) is 0 Å². The lowest BCUT2D eigenvalue weighted by molar-refractivity contribution is -0.148. The van der Waals surface area contributed by atoms with Crippen LogP contribution in [0.5, 0.6) is 0 Å². The van der Waals surface area contributed by atoms with Crippen LogP contribution in [0, 0.1) is 46.3 Å². The van der Waals surface area contributed by atoms with E-state index in [2.05, 4.69) is 33.8 Å². The monoisotopic (exact) mass is 589 g/mol. The largest absolute Gasteiger partial charge is 0.462 e. The fourth-order valence-electron chi connectivity index (χ4n) is 10.6. The first-order chi connectivity index (χ1) is 20.5. The van der Waals surface area contributed by atoms with E-state index in [4.69, 9.17) is 9.47 Å². The Morgan fingerprint density at radius 1 is 1.02 bits per heavy atom. The fourth-order valence-corrected chi connectivity index (χ4v) is 10.6. The lowest BCUT2D eigenvalue weighted by Crippen LogP contribution is -2.55. The van der Waals surface area contributed by atoms with Crippen LogP contribution in [0.25, 0.3) is 0 Å². The van der Waals surface area contributed by atoms with Gasteiger partial charge < -0.3 is 14.4 Å². The van der Waals surface area contributed by atoms with E-state index in [1.54, 1.807) is 0 Å². The first-order valence-electron chi connectivity index (χ1n) is 16.9. The standard InChI is InChI=1S/C37H51NO5/c1-23-11-14-32(38(21-23)35(41)42-22-26-9-7-6-8-10-26)24(2)34-33(40)20-31-29-13-12-27-19-28(43-25(3)39)15-17-36(27,4)30(29)16-18-37(31,34)5/h6-10,12,23-24,28-32,34H,11,13-22H2,1-5H3. The molecule has 3 saturated carbocycles. The molecular formula is C37H51NO5. The summed E-state index contributed by atoms with van der Waals surface area (Å²) in [7, 11) is 0. The summed E-state index contributed by atoms with van der Waals surface area (Å²) in [6.45, 7) is 11.8. The van der Waals surface area contributed by atoms with Gasteiger partial charge in [-0.3, -0.25) is 9.59 Å². The second-order valence-electron chi connectivity index (χ2n) is 15.2. The number of rotatable bonds is 5. The minimum Gasteiger partial charge on any atom is -0.462 e. The maximum absolute atomic E-state index is 14.1. The van der Waals surface area contributed by atoms with Gasteiger partial charge in [0.25, 0.3) is 0 Å². The molecule has 6 rings (SSSR count). The molecule has 0 bridgehead atoms. The summed E-state index contributed by atoms with van der Waals surface area (Å²) in [4.78, 5) is 41.2. The number of ketones is 1. The van der Waals surface area contributed by atoms with Gasteiger partial charge in [-0.1, -0.05) is 69.7 Å². The number of hydrogen-bond acceptors (Lipinski definition) is 5. The van der Waals surface area contributed by atoms with Gasteiger partial charge in [-0.2, -0.15) is 0 Å². The van der Waals surface area contributed by atoms with E-state index < -0.39 is 0 Å². The number of esters is 1. The van der Waals surface area contributed by atoms with Gasteiger partial charge in [-0.15, -0.1) is 0 Å². The number of carbonyl (C=O) groups excluding carboxylic acids is 3. The summed E-state index contributed by atoms with van der Waals surface area (Å²) in [6, 6.07) is 9.88. The van der Waals surface area contributed by atoms with Gasteiger partial charge in [0.1, 0.15) is 18.5 Å². The SMILES string of the molecule is CC(=O)OC1CCC2(C)C(=CCC3C2CCC2(C)C3CC(=O)C2C(C)C2CCC(C)CN2C(=O)OCc2ccccc2)C1. The minimum absolute atomic E-state index is 0.000982. The minimum atomic E-state index is -0.245. The molecule has 0 spiro atoms. The van der Waals surface area contributed by atoms with E-state index in [9.17, 15) is 14.4 Å². The maximum Gasteiger partial charge on any atom is 0.410 e. The Morgan fingerprint density at radius 2 is 1.79 bits per heavy atom. The number of hydrogen-bond donors (Lipinski definition) is 0. The second kappa shape index (κ2) is 11.7. The Morgan fingerprint density at radius 3 is 2.53 bits per heavy atom. The van der Waals surface area contributed by atoms with Gasteiger partial charge in [-0.25, -0.2) is 4.79 Å². The molecule has 1 saturated heterocycles. The molecule has 10 unspecified atom stereocenters. The van der Waals surface area contributed by atoms with Crippen molar-refractivity contribution in [3.05, 3.63) is 47.5 Å². The summed E-state index contributed by atoms with van der Waals surface area (Å²) < 4.78 is 11.5. The number of nitrogens with zero attached hydrogens (tertiary/aromatic N) is 1. The molecule has 4 fully saturated rings. The predicted octanol–water partition coefficient (Wildman–Crippen LogP) is 7.75. The molecule has 0 aromatic heterocycles. The zero-order chi connectivity index (χ0) is 30.5. The topological polar surface area (TPSA) is 72.9 Å². The van der Waals surface area contributed by atoms with Gasteiger partial charge in [0, 0.05) is 38.3 Å². The van der Waals surface area contributed by atoms with Crippen LogP contribution >= 0.6 is 0 Å². The Hall–Kier alpha value is -2.63. The highest BCUT2D eigenvalue weighted by Gasteiger charge is 2.63.